The van der Waals surface area contributed by atoms with Gasteiger partial charge in [0.05, 0.1) is 45.0 Å². The number of benzene rings is 9. The molecule has 9 aromatic carbocycles. The Morgan fingerprint density at radius 1 is 0.388 bits per heavy atom. The highest BCUT2D eigenvalue weighted by Crippen LogP contribution is 2.45. The lowest BCUT2D eigenvalue weighted by Crippen LogP contribution is -2.06. The quantitative estimate of drug-likeness (QED) is 0.164. The number of rotatable bonds is 6. The van der Waals surface area contributed by atoms with Crippen molar-refractivity contribution in [1.29, 1.82) is 5.26 Å². The molecule has 0 radical (unpaired) electrons. The molecule has 0 unspecified atom stereocenters. The number of alkyl halides is 3. The second-order valence-corrected chi connectivity index (χ2v) is 18.1. The topological polar surface area (TPSA) is 33.6 Å². The molecule has 0 aliphatic rings. The third-order valence-electron chi connectivity index (χ3n) is 13.1. The largest absolute Gasteiger partial charge is 0.416 e. The molecule has 0 amide bonds. The van der Waals surface area contributed by atoms with Gasteiger partial charge in [-0.05, 0) is 158 Å². The fourth-order valence-electron chi connectivity index (χ4n) is 10.4. The molecule has 6 heteroatoms. The van der Waals surface area contributed by atoms with Crippen LogP contribution in [0.15, 0.2) is 176 Å². The summed E-state index contributed by atoms with van der Waals surface area (Å²) in [5.74, 6) is 0. The molecule has 0 fully saturated rings. The van der Waals surface area contributed by atoms with E-state index in [2.05, 4.69) is 152 Å². The Morgan fingerprint density at radius 2 is 0.896 bits per heavy atom. The molecule has 0 spiro atoms. The highest BCUT2D eigenvalue weighted by atomic mass is 19.4. The molecular formula is C61H44F3N3. The lowest BCUT2D eigenvalue weighted by Gasteiger charge is -2.20. The first-order valence-electron chi connectivity index (χ1n) is 22.4. The Balaban J connectivity index is 1.20. The summed E-state index contributed by atoms with van der Waals surface area (Å²) in [7, 11) is 0. The molecule has 11 aromatic rings. The number of hydrogen-bond acceptors (Lipinski definition) is 1. The van der Waals surface area contributed by atoms with Crippen molar-refractivity contribution in [2.45, 2.75) is 40.8 Å². The average molecular weight is 876 g/mol. The third-order valence-corrected chi connectivity index (χ3v) is 13.1. The van der Waals surface area contributed by atoms with Crippen LogP contribution in [0.1, 0.15) is 38.9 Å². The maximum Gasteiger partial charge on any atom is 0.416 e. The fraction of sp³-hybridized carbons (Fsp3) is 0.0984. The van der Waals surface area contributed by atoms with Gasteiger partial charge in [-0.2, -0.15) is 18.4 Å². The van der Waals surface area contributed by atoms with Crippen LogP contribution < -0.4 is 0 Å². The zero-order chi connectivity index (χ0) is 46.3. The summed E-state index contributed by atoms with van der Waals surface area (Å²) in [5.41, 5.74) is 17.5. The Hall–Kier alpha value is -8.14. The van der Waals surface area contributed by atoms with E-state index >= 15 is 0 Å². The van der Waals surface area contributed by atoms with Crippen molar-refractivity contribution in [3.8, 4) is 62.0 Å². The maximum atomic E-state index is 14.6. The summed E-state index contributed by atoms with van der Waals surface area (Å²) in [6.45, 7) is 10.2. The SMILES string of the molecule is Cc1cc(C)cc(-c2ccc3c(c2)c2ccccc2n3-c2ccc(-c3cc(C)cc(C(F)(F)F)c3)c(-c3cc(C#N)ccc3-n3c4ccccc4c4cc(-c5cc(C)cc(C)c5)ccc43)c2)c1. The minimum absolute atomic E-state index is 0.433. The van der Waals surface area contributed by atoms with Gasteiger partial charge in [0.1, 0.15) is 0 Å². The molecule has 0 saturated carbocycles. The first-order valence-corrected chi connectivity index (χ1v) is 22.4. The molecule has 0 N–H and O–H groups in total. The van der Waals surface area contributed by atoms with Gasteiger partial charge in [0.25, 0.3) is 0 Å². The van der Waals surface area contributed by atoms with Crippen molar-refractivity contribution in [3.05, 3.63) is 215 Å². The van der Waals surface area contributed by atoms with E-state index in [1.807, 2.05) is 54.6 Å². The van der Waals surface area contributed by atoms with E-state index < -0.39 is 11.7 Å². The first-order chi connectivity index (χ1) is 32.3. The van der Waals surface area contributed by atoms with E-state index in [9.17, 15) is 18.4 Å². The number of nitriles is 1. The van der Waals surface area contributed by atoms with Crippen LogP contribution in [0.25, 0.3) is 99.5 Å². The Morgan fingerprint density at radius 3 is 1.46 bits per heavy atom. The summed E-state index contributed by atoms with van der Waals surface area (Å²) in [6.07, 6.45) is -4.55. The molecule has 0 aliphatic heterocycles. The molecule has 0 aliphatic carbocycles. The fourth-order valence-corrected chi connectivity index (χ4v) is 10.4. The molecule has 2 heterocycles. The number of nitrogens with zero attached hydrogens (tertiary/aromatic N) is 3. The van der Waals surface area contributed by atoms with Gasteiger partial charge in [-0.3, -0.25) is 0 Å². The number of halogens is 3. The van der Waals surface area contributed by atoms with Crippen LogP contribution >= 0.6 is 0 Å². The Kier molecular flexibility index (Phi) is 9.79. The normalized spacial score (nSPS) is 11.9. The number of para-hydroxylation sites is 2. The molecule has 0 saturated heterocycles. The smallest absolute Gasteiger partial charge is 0.309 e. The predicted octanol–water partition coefficient (Wildman–Crippen LogP) is 17.0. The maximum absolute atomic E-state index is 14.6. The first kappa shape index (κ1) is 41.6. The van der Waals surface area contributed by atoms with Crippen LogP contribution in [0.2, 0.25) is 0 Å². The summed E-state index contributed by atoms with van der Waals surface area (Å²) in [4.78, 5) is 0. The minimum Gasteiger partial charge on any atom is -0.309 e. The molecule has 0 bridgehead atoms. The van der Waals surface area contributed by atoms with E-state index in [4.69, 9.17) is 0 Å². The highest BCUT2D eigenvalue weighted by Gasteiger charge is 2.31. The molecule has 11 rings (SSSR count). The molecule has 324 valence electrons. The second-order valence-electron chi connectivity index (χ2n) is 18.1. The van der Waals surface area contributed by atoms with E-state index in [0.717, 1.165) is 77.2 Å². The van der Waals surface area contributed by atoms with Crippen LogP contribution in [-0.4, -0.2) is 9.13 Å². The zero-order valence-electron chi connectivity index (χ0n) is 37.7. The number of aromatic nitrogens is 2. The van der Waals surface area contributed by atoms with Gasteiger partial charge >= 0.3 is 6.18 Å². The van der Waals surface area contributed by atoms with Gasteiger partial charge in [-0.15, -0.1) is 0 Å². The summed E-state index contributed by atoms with van der Waals surface area (Å²) in [5, 5.41) is 14.8. The van der Waals surface area contributed by atoms with E-state index in [1.165, 1.54) is 34.4 Å². The second kappa shape index (κ2) is 15.8. The summed E-state index contributed by atoms with van der Waals surface area (Å²) >= 11 is 0. The van der Waals surface area contributed by atoms with Gasteiger partial charge in [0.15, 0.2) is 0 Å². The summed E-state index contributed by atoms with van der Waals surface area (Å²) in [6, 6.07) is 61.3. The van der Waals surface area contributed by atoms with Crippen molar-refractivity contribution in [2.75, 3.05) is 0 Å². The number of fused-ring (bicyclic) bond motifs is 6. The van der Waals surface area contributed by atoms with Crippen LogP contribution in [0.4, 0.5) is 13.2 Å². The zero-order valence-corrected chi connectivity index (χ0v) is 37.7. The van der Waals surface area contributed by atoms with Crippen molar-refractivity contribution >= 4 is 43.6 Å². The van der Waals surface area contributed by atoms with Gasteiger partial charge in [-0.25, -0.2) is 0 Å². The Labute approximate surface area is 387 Å². The number of aryl methyl sites for hydroxylation is 5. The van der Waals surface area contributed by atoms with Gasteiger partial charge < -0.3 is 9.13 Å². The third kappa shape index (κ3) is 7.24. The average Bonchev–Trinajstić information content (AvgIpc) is 3.82. The standard InChI is InChI=1S/C61H44F3N3/c1-36-22-37(2)25-44(24-36)42-15-20-58-54(32-42)50-10-6-8-12-56(50)66(58)48-17-18-49(46-28-40(5)29-47(31-46)61(62,63)64)52(34-48)53-30-41(35-65)14-19-59(53)67-57-13-9-7-11-51(57)55-33-43(16-21-60(55)67)45-26-38(3)23-39(4)27-45/h6-34H,1-5H3. The molecule has 3 nitrogen and oxygen atoms in total. The van der Waals surface area contributed by atoms with E-state index in [0.29, 0.717) is 33.4 Å². The Bertz CT molecular complexity index is 3830. The number of hydrogen-bond donors (Lipinski definition) is 0. The highest BCUT2D eigenvalue weighted by molar-refractivity contribution is 6.12. The van der Waals surface area contributed by atoms with Crippen LogP contribution in [0, 0.1) is 45.9 Å². The van der Waals surface area contributed by atoms with Crippen LogP contribution in [0.5, 0.6) is 0 Å². The minimum atomic E-state index is -4.55. The lowest BCUT2D eigenvalue weighted by molar-refractivity contribution is -0.137. The molecule has 67 heavy (non-hydrogen) atoms. The van der Waals surface area contributed by atoms with Gasteiger partial charge in [-0.1, -0.05) is 119 Å². The van der Waals surface area contributed by atoms with E-state index in [-0.39, 0.29) is 0 Å². The van der Waals surface area contributed by atoms with Gasteiger partial charge in [0.2, 0.25) is 0 Å². The van der Waals surface area contributed by atoms with Crippen molar-refractivity contribution in [2.24, 2.45) is 0 Å². The van der Waals surface area contributed by atoms with Crippen molar-refractivity contribution < 1.29 is 13.2 Å². The lowest BCUT2D eigenvalue weighted by atomic mass is 9.90. The van der Waals surface area contributed by atoms with Crippen molar-refractivity contribution in [3.63, 3.8) is 0 Å². The monoisotopic (exact) mass is 875 g/mol. The van der Waals surface area contributed by atoms with Gasteiger partial charge in [0, 0.05) is 32.8 Å². The van der Waals surface area contributed by atoms with Crippen molar-refractivity contribution in [1.82, 2.24) is 9.13 Å². The molecule has 2 aromatic heterocycles. The van der Waals surface area contributed by atoms with Crippen LogP contribution in [-0.2, 0) is 6.18 Å². The molecule has 0 atom stereocenters. The summed E-state index contributed by atoms with van der Waals surface area (Å²) < 4.78 is 48.2. The predicted molar refractivity (Wildman–Crippen MR) is 270 cm³/mol. The van der Waals surface area contributed by atoms with Crippen LogP contribution in [0.3, 0.4) is 0 Å². The molecular weight excluding hydrogens is 832 g/mol. The van der Waals surface area contributed by atoms with E-state index in [1.54, 1.807) is 6.92 Å².